The Labute approximate surface area is 169 Å². The van der Waals surface area contributed by atoms with Gasteiger partial charge in [0, 0.05) is 31.0 Å². The van der Waals surface area contributed by atoms with E-state index in [1.54, 1.807) is 13.1 Å². The van der Waals surface area contributed by atoms with E-state index >= 15 is 0 Å². The topological polar surface area (TPSA) is 75.2 Å². The molecule has 29 heavy (non-hydrogen) atoms. The molecule has 1 aliphatic rings. The fourth-order valence-corrected chi connectivity index (χ4v) is 3.92. The highest BCUT2D eigenvalue weighted by Crippen LogP contribution is 2.27. The highest BCUT2D eigenvalue weighted by molar-refractivity contribution is 7.12. The molecule has 0 radical (unpaired) electrons. The van der Waals surface area contributed by atoms with Gasteiger partial charge in [0.15, 0.2) is 0 Å². The van der Waals surface area contributed by atoms with Crippen molar-refractivity contribution in [3.63, 3.8) is 0 Å². The number of aromatic nitrogens is 2. The minimum absolute atomic E-state index is 0.262. The minimum Gasteiger partial charge on any atom is -0.330 e. The first-order valence-electron chi connectivity index (χ1n) is 8.77. The molecule has 2 aromatic heterocycles. The molecule has 0 unspecified atom stereocenters. The predicted octanol–water partition coefficient (Wildman–Crippen LogP) is 3.84. The Hall–Kier alpha value is -3.20. The lowest BCUT2D eigenvalue weighted by Crippen LogP contribution is -2.26. The molecule has 0 saturated carbocycles. The fourth-order valence-electron chi connectivity index (χ4n) is 3.22. The summed E-state index contributed by atoms with van der Waals surface area (Å²) in [5, 5.41) is 2.40. The Bertz CT molecular complexity index is 1150. The maximum absolute atomic E-state index is 14.4. The number of hydrogen-bond donors (Lipinski definition) is 1. The van der Waals surface area contributed by atoms with Crippen molar-refractivity contribution in [3.05, 3.63) is 74.5 Å². The highest BCUT2D eigenvalue weighted by atomic mass is 32.1. The van der Waals surface area contributed by atoms with Crippen LogP contribution >= 0.6 is 11.3 Å². The van der Waals surface area contributed by atoms with E-state index in [0.29, 0.717) is 29.7 Å². The number of fused-ring (bicyclic) bond motifs is 1. The number of thiazole rings is 1. The van der Waals surface area contributed by atoms with Crippen LogP contribution in [0, 0.1) is 25.5 Å². The second kappa shape index (κ2) is 7.32. The zero-order valence-corrected chi connectivity index (χ0v) is 16.4. The lowest BCUT2D eigenvalue weighted by molar-refractivity contribution is 0.0746. The second-order valence-electron chi connectivity index (χ2n) is 6.79. The standard InChI is InChI=1S/C20H16F2N4O2S/c1-10-3-12-7-26(8-13(12)6-23-10)20(28)14-4-17(16(22)5-15(14)21)25-19(27)18-11(2)24-9-29-18/h3-6,9H,7-8H2,1-2H3,(H,25,27). The van der Waals surface area contributed by atoms with Crippen molar-refractivity contribution in [3.8, 4) is 0 Å². The number of carbonyl (C=O) groups is 2. The SMILES string of the molecule is Cc1cc2c(cn1)CN(C(=O)c1cc(NC(=O)c3scnc3C)c(F)cc1F)C2. The molecule has 3 heterocycles. The Morgan fingerprint density at radius 2 is 1.83 bits per heavy atom. The van der Waals surface area contributed by atoms with E-state index in [-0.39, 0.29) is 11.3 Å². The monoisotopic (exact) mass is 414 g/mol. The van der Waals surface area contributed by atoms with Gasteiger partial charge in [0.05, 0.1) is 22.5 Å². The van der Waals surface area contributed by atoms with Crippen LogP contribution in [0.1, 0.15) is 42.5 Å². The van der Waals surface area contributed by atoms with Crippen molar-refractivity contribution >= 4 is 28.8 Å². The van der Waals surface area contributed by atoms with Gasteiger partial charge in [-0.1, -0.05) is 0 Å². The summed E-state index contributed by atoms with van der Waals surface area (Å²) in [6.07, 6.45) is 1.70. The molecular weight excluding hydrogens is 398 g/mol. The number of rotatable bonds is 3. The van der Waals surface area contributed by atoms with Crippen LogP contribution in [0.3, 0.4) is 0 Å². The van der Waals surface area contributed by atoms with E-state index in [2.05, 4.69) is 15.3 Å². The molecule has 0 spiro atoms. The average molecular weight is 414 g/mol. The Kier molecular flexibility index (Phi) is 4.83. The number of nitrogens with zero attached hydrogens (tertiary/aromatic N) is 3. The molecule has 0 saturated heterocycles. The summed E-state index contributed by atoms with van der Waals surface area (Å²) in [6, 6.07) is 3.53. The molecule has 4 rings (SSSR count). The number of hydrogen-bond acceptors (Lipinski definition) is 5. The highest BCUT2D eigenvalue weighted by Gasteiger charge is 2.28. The molecular formula is C20H16F2N4O2S. The number of benzene rings is 1. The zero-order valence-electron chi connectivity index (χ0n) is 15.6. The molecule has 2 amide bonds. The molecule has 0 aliphatic carbocycles. The largest absolute Gasteiger partial charge is 0.330 e. The number of aryl methyl sites for hydroxylation is 2. The zero-order chi connectivity index (χ0) is 20.7. The van der Waals surface area contributed by atoms with E-state index in [4.69, 9.17) is 0 Å². The molecule has 1 aliphatic heterocycles. The summed E-state index contributed by atoms with van der Waals surface area (Å²) in [6.45, 7) is 4.11. The molecule has 1 aromatic carbocycles. The first-order chi connectivity index (χ1) is 13.8. The molecule has 0 fully saturated rings. The maximum Gasteiger partial charge on any atom is 0.267 e. The van der Waals surface area contributed by atoms with Gasteiger partial charge in [-0.25, -0.2) is 13.8 Å². The number of nitrogens with one attached hydrogen (secondary N) is 1. The van der Waals surface area contributed by atoms with Gasteiger partial charge < -0.3 is 10.2 Å². The number of amides is 2. The van der Waals surface area contributed by atoms with Crippen molar-refractivity contribution in [2.75, 3.05) is 5.32 Å². The summed E-state index contributed by atoms with van der Waals surface area (Å²) >= 11 is 1.11. The second-order valence-corrected chi connectivity index (χ2v) is 7.64. The van der Waals surface area contributed by atoms with E-state index in [9.17, 15) is 18.4 Å². The third-order valence-corrected chi connectivity index (χ3v) is 5.64. The van der Waals surface area contributed by atoms with Gasteiger partial charge in [0.25, 0.3) is 11.8 Å². The van der Waals surface area contributed by atoms with Crippen molar-refractivity contribution in [2.24, 2.45) is 0 Å². The normalized spacial score (nSPS) is 12.8. The van der Waals surface area contributed by atoms with Crippen LogP contribution in [-0.4, -0.2) is 26.7 Å². The number of halogens is 2. The lowest BCUT2D eigenvalue weighted by Gasteiger charge is -2.17. The van der Waals surface area contributed by atoms with Crippen LogP contribution in [0.2, 0.25) is 0 Å². The summed E-state index contributed by atoms with van der Waals surface area (Å²) in [5.74, 6) is -3.09. The summed E-state index contributed by atoms with van der Waals surface area (Å²) in [4.78, 5) is 35.2. The van der Waals surface area contributed by atoms with Crippen molar-refractivity contribution < 1.29 is 18.4 Å². The molecule has 3 aromatic rings. The van der Waals surface area contributed by atoms with Crippen LogP contribution < -0.4 is 5.32 Å². The summed E-state index contributed by atoms with van der Waals surface area (Å²) in [5.41, 5.74) is 4.10. The maximum atomic E-state index is 14.4. The van der Waals surface area contributed by atoms with Crippen LogP contribution in [0.5, 0.6) is 0 Å². The molecule has 0 atom stereocenters. The Morgan fingerprint density at radius 3 is 2.55 bits per heavy atom. The number of carbonyl (C=O) groups excluding carboxylic acids is 2. The van der Waals surface area contributed by atoms with Crippen molar-refractivity contribution in [2.45, 2.75) is 26.9 Å². The first-order valence-corrected chi connectivity index (χ1v) is 9.65. The molecule has 9 heteroatoms. The van der Waals surface area contributed by atoms with Gasteiger partial charge in [-0.2, -0.15) is 0 Å². The molecule has 1 N–H and O–H groups in total. The van der Waals surface area contributed by atoms with Crippen LogP contribution in [0.15, 0.2) is 29.9 Å². The first kappa shape index (κ1) is 19.1. The fraction of sp³-hybridized carbons (Fsp3) is 0.200. The number of pyridine rings is 1. The third-order valence-electron chi connectivity index (χ3n) is 4.72. The van der Waals surface area contributed by atoms with Crippen molar-refractivity contribution in [1.29, 1.82) is 0 Å². The van der Waals surface area contributed by atoms with E-state index in [1.807, 2.05) is 13.0 Å². The van der Waals surface area contributed by atoms with Gasteiger partial charge in [-0.3, -0.25) is 14.6 Å². The average Bonchev–Trinajstić information content (AvgIpc) is 3.29. The van der Waals surface area contributed by atoms with E-state index in [0.717, 1.165) is 34.2 Å². The molecule has 148 valence electrons. The Balaban J connectivity index is 1.60. The van der Waals surface area contributed by atoms with E-state index in [1.165, 1.54) is 10.4 Å². The predicted molar refractivity (Wildman–Crippen MR) is 104 cm³/mol. The van der Waals surface area contributed by atoms with Crippen LogP contribution in [0.4, 0.5) is 14.5 Å². The molecule has 0 bridgehead atoms. The summed E-state index contributed by atoms with van der Waals surface area (Å²) in [7, 11) is 0. The minimum atomic E-state index is -0.982. The van der Waals surface area contributed by atoms with Gasteiger partial charge in [0.2, 0.25) is 0 Å². The van der Waals surface area contributed by atoms with Crippen LogP contribution in [0.25, 0.3) is 0 Å². The van der Waals surface area contributed by atoms with Gasteiger partial charge in [0.1, 0.15) is 16.5 Å². The lowest BCUT2D eigenvalue weighted by atomic mass is 10.1. The van der Waals surface area contributed by atoms with Gasteiger partial charge in [-0.15, -0.1) is 11.3 Å². The van der Waals surface area contributed by atoms with Crippen LogP contribution in [-0.2, 0) is 13.1 Å². The number of anilines is 1. The van der Waals surface area contributed by atoms with Gasteiger partial charge in [-0.05, 0) is 37.1 Å². The smallest absolute Gasteiger partial charge is 0.267 e. The van der Waals surface area contributed by atoms with E-state index < -0.39 is 23.4 Å². The Morgan fingerprint density at radius 1 is 1.07 bits per heavy atom. The summed E-state index contributed by atoms with van der Waals surface area (Å²) < 4.78 is 28.6. The molecule has 6 nitrogen and oxygen atoms in total. The quantitative estimate of drug-likeness (QED) is 0.707. The van der Waals surface area contributed by atoms with Gasteiger partial charge >= 0.3 is 0 Å². The van der Waals surface area contributed by atoms with Crippen molar-refractivity contribution in [1.82, 2.24) is 14.9 Å². The third kappa shape index (κ3) is 3.61.